The Labute approximate surface area is 152 Å². The van der Waals surface area contributed by atoms with Crippen molar-refractivity contribution in [3.05, 3.63) is 48.0 Å². The van der Waals surface area contributed by atoms with Crippen LogP contribution in [0.15, 0.2) is 41.9 Å². The molecule has 0 unspecified atom stereocenters. The van der Waals surface area contributed by atoms with Gasteiger partial charge in [-0.15, -0.1) is 6.58 Å². The minimum Gasteiger partial charge on any atom is -0.352 e. The SMILES string of the molecule is C=CCCCCCN(C)C(=NC)NCc1ccc(CS(C)(=O)=O)cc1. The van der Waals surface area contributed by atoms with Crippen LogP contribution in [-0.4, -0.2) is 46.2 Å². The van der Waals surface area contributed by atoms with Gasteiger partial charge in [0.25, 0.3) is 0 Å². The van der Waals surface area contributed by atoms with Crippen LogP contribution in [0.4, 0.5) is 0 Å². The van der Waals surface area contributed by atoms with E-state index in [1.165, 1.54) is 19.1 Å². The summed E-state index contributed by atoms with van der Waals surface area (Å²) in [5, 5.41) is 3.35. The van der Waals surface area contributed by atoms with E-state index in [-0.39, 0.29) is 5.75 Å². The molecule has 0 fully saturated rings. The molecule has 0 bridgehead atoms. The number of hydrogen-bond acceptors (Lipinski definition) is 3. The number of nitrogens with zero attached hydrogens (tertiary/aromatic N) is 2. The highest BCUT2D eigenvalue weighted by Gasteiger charge is 2.07. The summed E-state index contributed by atoms with van der Waals surface area (Å²) in [5.74, 6) is 0.945. The maximum Gasteiger partial charge on any atom is 0.193 e. The molecule has 0 saturated heterocycles. The second-order valence-corrected chi connectivity index (χ2v) is 8.49. The highest BCUT2D eigenvalue weighted by Crippen LogP contribution is 2.08. The molecule has 0 aliphatic rings. The molecule has 0 aliphatic heterocycles. The van der Waals surface area contributed by atoms with Crippen LogP contribution in [-0.2, 0) is 22.1 Å². The van der Waals surface area contributed by atoms with E-state index in [2.05, 4.69) is 21.8 Å². The van der Waals surface area contributed by atoms with Crippen LogP contribution in [0.2, 0.25) is 0 Å². The van der Waals surface area contributed by atoms with Crippen LogP contribution in [0.3, 0.4) is 0 Å². The maximum atomic E-state index is 11.3. The number of benzene rings is 1. The smallest absolute Gasteiger partial charge is 0.193 e. The van der Waals surface area contributed by atoms with Gasteiger partial charge in [0, 0.05) is 33.4 Å². The zero-order valence-corrected chi connectivity index (χ0v) is 16.5. The van der Waals surface area contributed by atoms with Crippen molar-refractivity contribution in [2.45, 2.75) is 38.0 Å². The first-order valence-electron chi connectivity index (χ1n) is 8.64. The Morgan fingerprint density at radius 1 is 1.20 bits per heavy atom. The average molecular weight is 366 g/mol. The van der Waals surface area contributed by atoms with Gasteiger partial charge in [-0.1, -0.05) is 36.8 Å². The van der Waals surface area contributed by atoms with Crippen LogP contribution >= 0.6 is 0 Å². The predicted octanol–water partition coefficient (Wildman–Crippen LogP) is 2.98. The summed E-state index contributed by atoms with van der Waals surface area (Å²) in [7, 11) is 0.830. The summed E-state index contributed by atoms with van der Waals surface area (Å²) in [6, 6.07) is 7.64. The standard InChI is InChI=1S/C19H31N3O2S/c1-5-6-7-8-9-14-22(3)19(20-2)21-15-17-10-12-18(13-11-17)16-25(4,23)24/h5,10-13H,1,6-9,14-16H2,2-4H3,(H,20,21). The average Bonchev–Trinajstić information content (AvgIpc) is 2.55. The van der Waals surface area contributed by atoms with E-state index >= 15 is 0 Å². The number of nitrogens with one attached hydrogen (secondary N) is 1. The Morgan fingerprint density at radius 2 is 1.84 bits per heavy atom. The van der Waals surface area contributed by atoms with Gasteiger partial charge >= 0.3 is 0 Å². The zero-order chi connectivity index (χ0) is 18.7. The lowest BCUT2D eigenvalue weighted by atomic mass is 10.1. The van der Waals surface area contributed by atoms with Gasteiger partial charge in [0.1, 0.15) is 0 Å². The molecule has 1 rings (SSSR count). The fourth-order valence-corrected chi connectivity index (χ4v) is 3.34. The summed E-state index contributed by atoms with van der Waals surface area (Å²) in [4.78, 5) is 6.45. The Kier molecular flexibility index (Phi) is 9.27. The van der Waals surface area contributed by atoms with Crippen LogP contribution in [0.1, 0.15) is 36.8 Å². The number of allylic oxidation sites excluding steroid dienone is 1. The lowest BCUT2D eigenvalue weighted by molar-refractivity contribution is 0.455. The molecule has 6 heteroatoms. The molecule has 0 heterocycles. The van der Waals surface area contributed by atoms with E-state index in [4.69, 9.17) is 0 Å². The molecular weight excluding hydrogens is 334 g/mol. The quantitative estimate of drug-likeness (QED) is 0.300. The number of sulfone groups is 1. The Bertz CT molecular complexity index is 652. The number of unbranched alkanes of at least 4 members (excludes halogenated alkanes) is 3. The molecular formula is C19H31N3O2S. The fraction of sp³-hybridized carbons (Fsp3) is 0.526. The number of hydrogen-bond donors (Lipinski definition) is 1. The van der Waals surface area contributed by atoms with Gasteiger partial charge in [0.2, 0.25) is 0 Å². The molecule has 1 aromatic rings. The van der Waals surface area contributed by atoms with E-state index in [0.29, 0.717) is 6.54 Å². The van der Waals surface area contributed by atoms with Gasteiger partial charge in [-0.3, -0.25) is 4.99 Å². The van der Waals surface area contributed by atoms with Crippen LogP contribution in [0.25, 0.3) is 0 Å². The third-order valence-corrected chi connectivity index (χ3v) is 4.74. The highest BCUT2D eigenvalue weighted by atomic mass is 32.2. The van der Waals surface area contributed by atoms with Crippen molar-refractivity contribution in [3.8, 4) is 0 Å². The highest BCUT2D eigenvalue weighted by molar-refractivity contribution is 7.89. The van der Waals surface area contributed by atoms with Gasteiger partial charge in [-0.05, 0) is 30.4 Å². The first-order valence-corrected chi connectivity index (χ1v) is 10.7. The lowest BCUT2D eigenvalue weighted by Crippen LogP contribution is -2.39. The number of guanidine groups is 1. The third-order valence-electron chi connectivity index (χ3n) is 3.88. The second-order valence-electron chi connectivity index (χ2n) is 6.35. The maximum absolute atomic E-state index is 11.3. The van der Waals surface area contributed by atoms with E-state index in [9.17, 15) is 8.42 Å². The molecule has 0 aromatic heterocycles. The Morgan fingerprint density at radius 3 is 2.40 bits per heavy atom. The Balaban J connectivity index is 2.44. The van der Waals surface area contributed by atoms with Gasteiger partial charge in [-0.25, -0.2) is 8.42 Å². The largest absolute Gasteiger partial charge is 0.352 e. The minimum atomic E-state index is -2.99. The zero-order valence-electron chi connectivity index (χ0n) is 15.7. The predicted molar refractivity (Wildman–Crippen MR) is 106 cm³/mol. The van der Waals surface area contributed by atoms with Gasteiger partial charge < -0.3 is 10.2 Å². The van der Waals surface area contributed by atoms with Crippen molar-refractivity contribution in [2.24, 2.45) is 4.99 Å². The molecule has 0 aliphatic carbocycles. The summed E-state index contributed by atoms with van der Waals surface area (Å²) in [6.07, 6.45) is 7.79. The van der Waals surface area contributed by atoms with Gasteiger partial charge in [0.15, 0.2) is 15.8 Å². The van der Waals surface area contributed by atoms with Crippen molar-refractivity contribution in [3.63, 3.8) is 0 Å². The third kappa shape index (κ3) is 9.29. The summed E-state index contributed by atoms with van der Waals surface area (Å²) < 4.78 is 22.6. The van der Waals surface area contributed by atoms with E-state index in [1.54, 1.807) is 7.05 Å². The topological polar surface area (TPSA) is 61.8 Å². The first-order chi connectivity index (χ1) is 11.9. The first kappa shape index (κ1) is 21.2. The van der Waals surface area contributed by atoms with E-state index in [0.717, 1.165) is 36.5 Å². The van der Waals surface area contributed by atoms with E-state index < -0.39 is 9.84 Å². The fourth-order valence-electron chi connectivity index (χ4n) is 2.54. The number of aliphatic imine (C=N–C) groups is 1. The molecule has 0 atom stereocenters. The molecule has 25 heavy (non-hydrogen) atoms. The monoisotopic (exact) mass is 365 g/mol. The Hall–Kier alpha value is -1.82. The summed E-state index contributed by atoms with van der Waals surface area (Å²) in [6.45, 7) is 5.36. The number of rotatable bonds is 10. The van der Waals surface area contributed by atoms with Crippen molar-refractivity contribution in [1.29, 1.82) is 0 Å². The summed E-state index contributed by atoms with van der Waals surface area (Å²) in [5.41, 5.74) is 1.91. The molecule has 1 aromatic carbocycles. The van der Waals surface area contributed by atoms with Crippen molar-refractivity contribution in [1.82, 2.24) is 10.2 Å². The molecule has 0 radical (unpaired) electrons. The molecule has 5 nitrogen and oxygen atoms in total. The van der Waals surface area contributed by atoms with Gasteiger partial charge in [0.05, 0.1) is 5.75 Å². The van der Waals surface area contributed by atoms with Crippen molar-refractivity contribution < 1.29 is 8.42 Å². The van der Waals surface area contributed by atoms with Gasteiger partial charge in [-0.2, -0.15) is 0 Å². The lowest BCUT2D eigenvalue weighted by Gasteiger charge is -2.22. The second kappa shape index (κ2) is 10.9. The van der Waals surface area contributed by atoms with E-state index in [1.807, 2.05) is 37.4 Å². The van der Waals surface area contributed by atoms with Crippen LogP contribution < -0.4 is 5.32 Å². The molecule has 0 amide bonds. The van der Waals surface area contributed by atoms with Crippen LogP contribution in [0, 0.1) is 0 Å². The minimum absolute atomic E-state index is 0.0803. The molecule has 140 valence electrons. The molecule has 1 N–H and O–H groups in total. The van der Waals surface area contributed by atoms with Crippen molar-refractivity contribution >= 4 is 15.8 Å². The molecule has 0 saturated carbocycles. The summed E-state index contributed by atoms with van der Waals surface area (Å²) >= 11 is 0. The van der Waals surface area contributed by atoms with Crippen molar-refractivity contribution in [2.75, 3.05) is 26.9 Å². The normalized spacial score (nSPS) is 12.0. The van der Waals surface area contributed by atoms with Crippen LogP contribution in [0.5, 0.6) is 0 Å². The molecule has 0 spiro atoms.